The SMILES string of the molecule is CC1=C(C)CC(C(O)c2ccccc2)=C1. The molecule has 0 aromatic heterocycles. The fourth-order valence-electron chi connectivity index (χ4n) is 1.92. The van der Waals surface area contributed by atoms with Gasteiger partial charge in [-0.1, -0.05) is 47.6 Å². The maximum atomic E-state index is 10.2. The van der Waals surface area contributed by atoms with Crippen molar-refractivity contribution in [3.63, 3.8) is 0 Å². The first-order chi connectivity index (χ1) is 7.18. The van der Waals surface area contributed by atoms with Gasteiger partial charge in [0.2, 0.25) is 0 Å². The predicted molar refractivity (Wildman–Crippen MR) is 62.5 cm³/mol. The summed E-state index contributed by atoms with van der Waals surface area (Å²) in [6, 6.07) is 9.82. The minimum Gasteiger partial charge on any atom is -0.384 e. The van der Waals surface area contributed by atoms with Crippen molar-refractivity contribution in [2.24, 2.45) is 0 Å². The van der Waals surface area contributed by atoms with Crippen molar-refractivity contribution in [1.29, 1.82) is 0 Å². The maximum absolute atomic E-state index is 10.2. The number of aliphatic hydroxyl groups excluding tert-OH is 1. The first kappa shape index (κ1) is 10.2. The second-order valence-electron chi connectivity index (χ2n) is 4.17. The molecule has 1 aliphatic carbocycles. The number of allylic oxidation sites excluding steroid dienone is 3. The van der Waals surface area contributed by atoms with Gasteiger partial charge in [-0.2, -0.15) is 0 Å². The first-order valence-electron chi connectivity index (χ1n) is 5.28. The van der Waals surface area contributed by atoms with E-state index in [4.69, 9.17) is 0 Å². The Morgan fingerprint density at radius 2 is 1.80 bits per heavy atom. The summed E-state index contributed by atoms with van der Waals surface area (Å²) in [7, 11) is 0. The van der Waals surface area contributed by atoms with Crippen molar-refractivity contribution in [2.75, 3.05) is 0 Å². The van der Waals surface area contributed by atoms with E-state index in [9.17, 15) is 5.11 Å². The maximum Gasteiger partial charge on any atom is 0.101 e. The lowest BCUT2D eigenvalue weighted by atomic mass is 10.00. The molecule has 1 atom stereocenters. The van der Waals surface area contributed by atoms with Crippen LogP contribution < -0.4 is 0 Å². The van der Waals surface area contributed by atoms with Crippen LogP contribution >= 0.6 is 0 Å². The normalized spacial score (nSPS) is 17.9. The lowest BCUT2D eigenvalue weighted by molar-refractivity contribution is 0.213. The Bertz CT molecular complexity index is 412. The minimum atomic E-state index is -0.446. The molecular formula is C14H16O. The summed E-state index contributed by atoms with van der Waals surface area (Å²) in [5.74, 6) is 0. The van der Waals surface area contributed by atoms with E-state index in [1.165, 1.54) is 11.1 Å². The van der Waals surface area contributed by atoms with Gasteiger partial charge in [-0.25, -0.2) is 0 Å². The van der Waals surface area contributed by atoms with Crippen LogP contribution in [0.25, 0.3) is 0 Å². The lowest BCUT2D eigenvalue weighted by Crippen LogP contribution is -1.99. The van der Waals surface area contributed by atoms with Gasteiger partial charge < -0.3 is 5.11 Å². The molecule has 1 heteroatoms. The second-order valence-corrected chi connectivity index (χ2v) is 4.17. The zero-order valence-electron chi connectivity index (χ0n) is 9.20. The van der Waals surface area contributed by atoms with E-state index in [-0.39, 0.29) is 0 Å². The zero-order valence-corrected chi connectivity index (χ0v) is 9.20. The van der Waals surface area contributed by atoms with Gasteiger partial charge >= 0.3 is 0 Å². The number of rotatable bonds is 2. The largest absolute Gasteiger partial charge is 0.384 e. The summed E-state index contributed by atoms with van der Waals surface area (Å²) in [6.45, 7) is 4.22. The molecule has 1 aromatic carbocycles. The molecule has 0 fully saturated rings. The van der Waals surface area contributed by atoms with Crippen LogP contribution in [0.2, 0.25) is 0 Å². The van der Waals surface area contributed by atoms with Gasteiger partial charge in [0.05, 0.1) is 0 Å². The molecule has 1 aliphatic rings. The molecule has 0 saturated carbocycles. The zero-order chi connectivity index (χ0) is 10.8. The van der Waals surface area contributed by atoms with Crippen LogP contribution in [0.3, 0.4) is 0 Å². The van der Waals surface area contributed by atoms with Crippen LogP contribution in [0.15, 0.2) is 53.1 Å². The van der Waals surface area contributed by atoms with Crippen molar-refractivity contribution < 1.29 is 5.11 Å². The van der Waals surface area contributed by atoms with Gasteiger partial charge in [-0.15, -0.1) is 0 Å². The van der Waals surface area contributed by atoms with Crippen molar-refractivity contribution in [3.8, 4) is 0 Å². The summed E-state index contributed by atoms with van der Waals surface area (Å²) in [5.41, 5.74) is 4.74. The molecule has 1 aromatic rings. The number of aliphatic hydroxyl groups is 1. The summed E-state index contributed by atoms with van der Waals surface area (Å²) in [5, 5.41) is 10.2. The van der Waals surface area contributed by atoms with Gasteiger partial charge in [0, 0.05) is 0 Å². The summed E-state index contributed by atoms with van der Waals surface area (Å²) < 4.78 is 0. The fraction of sp³-hybridized carbons (Fsp3) is 0.286. The highest BCUT2D eigenvalue weighted by molar-refractivity contribution is 5.41. The van der Waals surface area contributed by atoms with E-state index in [1.807, 2.05) is 30.3 Å². The van der Waals surface area contributed by atoms with Gasteiger partial charge in [-0.3, -0.25) is 0 Å². The molecular weight excluding hydrogens is 184 g/mol. The Morgan fingerprint density at radius 3 is 2.33 bits per heavy atom. The third-order valence-corrected chi connectivity index (χ3v) is 3.01. The fourth-order valence-corrected chi connectivity index (χ4v) is 1.92. The molecule has 0 spiro atoms. The number of benzene rings is 1. The van der Waals surface area contributed by atoms with E-state index in [1.54, 1.807) is 0 Å². The Hall–Kier alpha value is -1.34. The molecule has 15 heavy (non-hydrogen) atoms. The van der Waals surface area contributed by atoms with Gasteiger partial charge in [0.15, 0.2) is 0 Å². The van der Waals surface area contributed by atoms with Crippen LogP contribution in [0.4, 0.5) is 0 Å². The molecule has 0 radical (unpaired) electrons. The van der Waals surface area contributed by atoms with E-state index < -0.39 is 6.10 Å². The standard InChI is InChI=1S/C14H16O/c1-10-8-13(9-11(10)2)14(15)12-6-4-3-5-7-12/h3-8,14-15H,9H2,1-2H3. The highest BCUT2D eigenvalue weighted by Crippen LogP contribution is 2.33. The Kier molecular flexibility index (Phi) is 2.74. The number of hydrogen-bond donors (Lipinski definition) is 1. The molecule has 0 bridgehead atoms. The summed E-state index contributed by atoms with van der Waals surface area (Å²) in [6.07, 6.45) is 2.56. The van der Waals surface area contributed by atoms with Crippen molar-refractivity contribution >= 4 is 0 Å². The number of hydrogen-bond acceptors (Lipinski definition) is 1. The van der Waals surface area contributed by atoms with Crippen LogP contribution in [-0.4, -0.2) is 5.11 Å². The summed E-state index contributed by atoms with van der Waals surface area (Å²) >= 11 is 0. The smallest absolute Gasteiger partial charge is 0.101 e. The third-order valence-electron chi connectivity index (χ3n) is 3.01. The minimum absolute atomic E-state index is 0.446. The molecule has 0 amide bonds. The monoisotopic (exact) mass is 200 g/mol. The Balaban J connectivity index is 2.19. The van der Waals surface area contributed by atoms with E-state index in [2.05, 4.69) is 19.9 Å². The van der Waals surface area contributed by atoms with E-state index in [0.717, 1.165) is 17.6 Å². The van der Waals surface area contributed by atoms with Crippen LogP contribution in [0.1, 0.15) is 31.9 Å². The molecule has 1 nitrogen and oxygen atoms in total. The van der Waals surface area contributed by atoms with Gasteiger partial charge in [-0.05, 0) is 31.4 Å². The van der Waals surface area contributed by atoms with Crippen LogP contribution in [-0.2, 0) is 0 Å². The average molecular weight is 200 g/mol. The van der Waals surface area contributed by atoms with E-state index in [0.29, 0.717) is 0 Å². The van der Waals surface area contributed by atoms with E-state index >= 15 is 0 Å². The molecule has 0 heterocycles. The summed E-state index contributed by atoms with van der Waals surface area (Å²) in [4.78, 5) is 0. The second kappa shape index (κ2) is 4.03. The topological polar surface area (TPSA) is 20.2 Å². The first-order valence-corrected chi connectivity index (χ1v) is 5.28. The van der Waals surface area contributed by atoms with Gasteiger partial charge in [0.1, 0.15) is 6.10 Å². The molecule has 0 aliphatic heterocycles. The highest BCUT2D eigenvalue weighted by Gasteiger charge is 2.18. The van der Waals surface area contributed by atoms with Crippen LogP contribution in [0, 0.1) is 0 Å². The van der Waals surface area contributed by atoms with Crippen molar-refractivity contribution in [2.45, 2.75) is 26.4 Å². The molecule has 1 N–H and O–H groups in total. The van der Waals surface area contributed by atoms with Gasteiger partial charge in [0.25, 0.3) is 0 Å². The molecule has 2 rings (SSSR count). The Morgan fingerprint density at radius 1 is 1.13 bits per heavy atom. The van der Waals surface area contributed by atoms with Crippen molar-refractivity contribution in [1.82, 2.24) is 0 Å². The predicted octanol–water partition coefficient (Wildman–Crippen LogP) is 3.39. The van der Waals surface area contributed by atoms with Crippen LogP contribution in [0.5, 0.6) is 0 Å². The highest BCUT2D eigenvalue weighted by atomic mass is 16.3. The Labute approximate surface area is 90.8 Å². The molecule has 0 saturated heterocycles. The average Bonchev–Trinajstić information content (AvgIpc) is 2.59. The molecule has 1 unspecified atom stereocenters. The quantitative estimate of drug-likeness (QED) is 0.775. The lowest BCUT2D eigenvalue weighted by Gasteiger charge is -2.12. The molecule has 78 valence electrons. The third kappa shape index (κ3) is 2.02. The van der Waals surface area contributed by atoms with Crippen molar-refractivity contribution in [3.05, 3.63) is 58.7 Å².